The third-order valence-corrected chi connectivity index (χ3v) is 1.95. The Labute approximate surface area is 288 Å². The van der Waals surface area contributed by atoms with Crippen molar-refractivity contribution in [2.24, 2.45) is 0 Å². The molecule has 1 rings (SSSR count). The van der Waals surface area contributed by atoms with Gasteiger partial charge in [-0.3, -0.25) is 0 Å². The van der Waals surface area contributed by atoms with Gasteiger partial charge in [0.25, 0.3) is 0 Å². The predicted molar refractivity (Wildman–Crippen MR) is 35.7 cm³/mol. The quantitative estimate of drug-likeness (QED) is 0.417. The van der Waals surface area contributed by atoms with Crippen LogP contribution in [0.4, 0.5) is 0 Å². The molecule has 0 N–H and O–H groups in total. The molecule has 1 aliphatic rings. The number of carbonyl (C=O) groups excluding carboxylic acids is 4. The van der Waals surface area contributed by atoms with Gasteiger partial charge in [0.05, 0.1) is 23.9 Å². The van der Waals surface area contributed by atoms with E-state index in [9.17, 15) is 39.6 Å². The molecule has 2 unspecified atom stereocenters. The summed E-state index contributed by atoms with van der Waals surface area (Å²) in [5, 5.41) is 42.0. The van der Waals surface area contributed by atoms with Crippen LogP contribution in [0.25, 0.3) is 0 Å². The number of hydrogen-bond acceptors (Lipinski definition) is 9. The average Bonchev–Trinajstić information content (AvgIpc) is 2.56. The standard InChI is InChI=1S/C8H6O9.4K/c9-5(10)1-2(6(11)12)4(8(15)16)17-3(1)7(13)14;;;;/h3-4H,(H,9,10)(H,11,12)(H,13,14)(H,15,16);;;;/q;4*+1/p-4. The number of rotatable bonds is 4. The minimum absolute atomic E-state index is 0. The summed E-state index contributed by atoms with van der Waals surface area (Å²) in [6.07, 6.45) is -4.73. The van der Waals surface area contributed by atoms with Gasteiger partial charge in [-0.15, -0.1) is 0 Å². The van der Waals surface area contributed by atoms with Gasteiger partial charge in [0.15, 0.2) is 0 Å². The van der Waals surface area contributed by atoms with E-state index in [1.165, 1.54) is 0 Å². The van der Waals surface area contributed by atoms with E-state index in [0.29, 0.717) is 0 Å². The molecule has 13 heteroatoms. The second-order valence-corrected chi connectivity index (χ2v) is 2.94. The first-order valence-corrected chi connectivity index (χ1v) is 4.01. The molecule has 0 aromatic rings. The molecule has 9 nitrogen and oxygen atoms in total. The molecule has 0 radical (unpaired) electrons. The molecule has 0 aromatic heterocycles. The van der Waals surface area contributed by atoms with Gasteiger partial charge in [0, 0.05) is 11.1 Å². The van der Waals surface area contributed by atoms with Crippen LogP contribution in [0.1, 0.15) is 0 Å². The van der Waals surface area contributed by atoms with Gasteiger partial charge in [0.2, 0.25) is 0 Å². The summed E-state index contributed by atoms with van der Waals surface area (Å²) in [5.41, 5.74) is -2.72. The Hall–Kier alpha value is 4.13. The molecule has 0 spiro atoms. The summed E-state index contributed by atoms with van der Waals surface area (Å²) in [4.78, 5) is 42.0. The second kappa shape index (κ2) is 15.2. The van der Waals surface area contributed by atoms with Crippen LogP contribution in [-0.4, -0.2) is 36.1 Å². The third kappa shape index (κ3) is 9.05. The maximum absolute atomic E-state index is 10.6. The van der Waals surface area contributed by atoms with E-state index in [1.807, 2.05) is 0 Å². The molecular formula is C8H2K4O9. The van der Waals surface area contributed by atoms with E-state index < -0.39 is 47.2 Å². The summed E-state index contributed by atoms with van der Waals surface area (Å²) >= 11 is 0. The Morgan fingerprint density at radius 3 is 1.05 bits per heavy atom. The van der Waals surface area contributed by atoms with Crippen molar-refractivity contribution in [3.63, 3.8) is 0 Å². The molecule has 92 valence electrons. The van der Waals surface area contributed by atoms with Crippen LogP contribution < -0.4 is 226 Å². The van der Waals surface area contributed by atoms with E-state index in [0.717, 1.165) is 0 Å². The SMILES string of the molecule is O=C([O-])C1=C(C(=O)[O-])C(C(=O)[O-])OC1C(=O)[O-].[K+].[K+].[K+].[K+]. The molecule has 0 fully saturated rings. The second-order valence-electron chi connectivity index (χ2n) is 2.94. The van der Waals surface area contributed by atoms with E-state index in [2.05, 4.69) is 4.74 Å². The van der Waals surface area contributed by atoms with Gasteiger partial charge in [0.1, 0.15) is 12.2 Å². The Bertz CT molecular complexity index is 421. The van der Waals surface area contributed by atoms with E-state index in [-0.39, 0.29) is 206 Å². The zero-order valence-electron chi connectivity index (χ0n) is 11.8. The fourth-order valence-electron chi connectivity index (χ4n) is 1.34. The molecule has 1 heterocycles. The summed E-state index contributed by atoms with van der Waals surface area (Å²) in [6.45, 7) is 0. The maximum atomic E-state index is 10.6. The van der Waals surface area contributed by atoms with Crippen molar-refractivity contribution < 1.29 is 250 Å². The summed E-state index contributed by atoms with van der Waals surface area (Å²) in [5.74, 6) is -8.65. The van der Waals surface area contributed by atoms with E-state index >= 15 is 0 Å². The van der Waals surface area contributed by atoms with Crippen LogP contribution in [-0.2, 0) is 23.9 Å². The zero-order valence-corrected chi connectivity index (χ0v) is 24.3. The normalized spacial score (nSPS) is 19.0. The van der Waals surface area contributed by atoms with Crippen LogP contribution >= 0.6 is 0 Å². The molecule has 0 saturated carbocycles. The summed E-state index contributed by atoms with van der Waals surface area (Å²) < 4.78 is 4.19. The largest absolute Gasteiger partial charge is 1.00 e. The minimum atomic E-state index is -2.37. The molecule has 0 saturated heterocycles. The van der Waals surface area contributed by atoms with Crippen LogP contribution in [0.15, 0.2) is 11.1 Å². The average molecular weight is 398 g/mol. The van der Waals surface area contributed by atoms with Crippen molar-refractivity contribution in [3.8, 4) is 0 Å². The van der Waals surface area contributed by atoms with Gasteiger partial charge in [-0.25, -0.2) is 0 Å². The monoisotopic (exact) mass is 398 g/mol. The molecule has 0 amide bonds. The molecule has 0 aliphatic carbocycles. The van der Waals surface area contributed by atoms with Crippen molar-refractivity contribution >= 4 is 23.9 Å². The van der Waals surface area contributed by atoms with Gasteiger partial charge in [-0.1, -0.05) is 0 Å². The van der Waals surface area contributed by atoms with E-state index in [4.69, 9.17) is 0 Å². The Kier molecular flexibility index (Phi) is 23.7. The van der Waals surface area contributed by atoms with Crippen molar-refractivity contribution in [2.75, 3.05) is 0 Å². The Morgan fingerprint density at radius 1 is 0.667 bits per heavy atom. The molecule has 2 atom stereocenters. The number of carboxylic acids is 4. The van der Waals surface area contributed by atoms with Crippen molar-refractivity contribution in [1.29, 1.82) is 0 Å². The first-order valence-electron chi connectivity index (χ1n) is 4.01. The number of hydrogen-bond donors (Lipinski definition) is 0. The summed E-state index contributed by atoms with van der Waals surface area (Å²) in [7, 11) is 0. The molecule has 1 aliphatic heterocycles. The molecule has 0 aromatic carbocycles. The smallest absolute Gasteiger partial charge is 0.547 e. The summed E-state index contributed by atoms with van der Waals surface area (Å²) in [6, 6.07) is 0. The molecule has 0 bridgehead atoms. The zero-order chi connectivity index (χ0) is 13.3. The van der Waals surface area contributed by atoms with Crippen LogP contribution in [0.2, 0.25) is 0 Å². The maximum Gasteiger partial charge on any atom is 1.00 e. The number of carbonyl (C=O) groups is 4. The van der Waals surface area contributed by atoms with Crippen LogP contribution in [0, 0.1) is 0 Å². The number of aliphatic carboxylic acids is 4. The van der Waals surface area contributed by atoms with Crippen LogP contribution in [0.5, 0.6) is 0 Å². The first kappa shape index (κ1) is 32.8. The van der Waals surface area contributed by atoms with Gasteiger partial charge in [-0.2, -0.15) is 0 Å². The fourth-order valence-corrected chi connectivity index (χ4v) is 1.34. The topological polar surface area (TPSA) is 170 Å². The number of ether oxygens (including phenoxy) is 1. The Balaban J connectivity index is -0.000000361. The van der Waals surface area contributed by atoms with Gasteiger partial charge >= 0.3 is 206 Å². The third-order valence-electron chi connectivity index (χ3n) is 1.95. The molecule has 21 heavy (non-hydrogen) atoms. The number of carboxylic acid groups (broad SMARTS) is 4. The fraction of sp³-hybridized carbons (Fsp3) is 0.250. The van der Waals surface area contributed by atoms with Gasteiger partial charge in [-0.05, 0) is 0 Å². The van der Waals surface area contributed by atoms with Crippen molar-refractivity contribution in [2.45, 2.75) is 12.2 Å². The van der Waals surface area contributed by atoms with Gasteiger partial charge < -0.3 is 44.3 Å². The minimum Gasteiger partial charge on any atom is -0.547 e. The van der Waals surface area contributed by atoms with Crippen molar-refractivity contribution in [3.05, 3.63) is 11.1 Å². The Morgan fingerprint density at radius 2 is 0.905 bits per heavy atom. The predicted octanol–water partition coefficient (Wildman–Crippen LogP) is -18.9. The first-order chi connectivity index (χ1) is 7.77. The molecular weight excluding hydrogens is 396 g/mol. The van der Waals surface area contributed by atoms with Crippen LogP contribution in [0.3, 0.4) is 0 Å². The van der Waals surface area contributed by atoms with Crippen molar-refractivity contribution in [1.82, 2.24) is 0 Å². The van der Waals surface area contributed by atoms with E-state index in [1.54, 1.807) is 0 Å².